The first-order valence-electron chi connectivity index (χ1n) is 3.78. The van der Waals surface area contributed by atoms with Gasteiger partial charge in [-0.2, -0.15) is 0 Å². The largest absolute Gasteiger partial charge is 0.413 e. The van der Waals surface area contributed by atoms with Gasteiger partial charge in [-0.3, -0.25) is 0 Å². The van der Waals surface area contributed by atoms with Crippen molar-refractivity contribution in [1.82, 2.24) is 0 Å². The predicted octanol–water partition coefficient (Wildman–Crippen LogP) is 1.76. The van der Waals surface area contributed by atoms with Gasteiger partial charge in [0.2, 0.25) is 5.18 Å². The van der Waals surface area contributed by atoms with E-state index in [2.05, 4.69) is 5.18 Å². The van der Waals surface area contributed by atoms with Crippen molar-refractivity contribution in [1.29, 1.82) is 0 Å². The number of aromatic nitrogens is 1. The van der Waals surface area contributed by atoms with Crippen LogP contribution in [0.5, 0.6) is 0 Å². The summed E-state index contributed by atoms with van der Waals surface area (Å²) in [6.45, 7) is 0. The van der Waals surface area contributed by atoms with E-state index in [4.69, 9.17) is 0 Å². The van der Waals surface area contributed by atoms with E-state index >= 15 is 0 Å². The van der Waals surface area contributed by atoms with E-state index in [9.17, 15) is 10.1 Å². The normalized spacial score (nSPS) is 10.2. The molecule has 0 aliphatic carbocycles. The molecule has 2 rings (SSSR count). The summed E-state index contributed by atoms with van der Waals surface area (Å²) < 4.78 is 0.718. The number of pyridine rings is 1. The maximum atomic E-state index is 10.2. The van der Waals surface area contributed by atoms with Crippen LogP contribution in [-0.4, -0.2) is 5.21 Å². The predicted molar refractivity (Wildman–Crippen MR) is 46.8 cm³/mol. The molecule has 0 bridgehead atoms. The molecule has 0 aliphatic heterocycles. The lowest BCUT2D eigenvalue weighted by Crippen LogP contribution is -2.29. The highest BCUT2D eigenvalue weighted by Gasteiger charge is 2.11. The Kier molecular flexibility index (Phi) is 1.66. The standard InChI is InChI=1S/C9H7N2O2/c12-10-9-5-7-3-1-2-4-8(7)6-11(9)13/h1-6,13H/q+1. The van der Waals surface area contributed by atoms with E-state index in [0.717, 1.165) is 15.5 Å². The molecule has 4 heteroatoms. The van der Waals surface area contributed by atoms with E-state index in [0.29, 0.717) is 0 Å². The molecule has 1 N–H and O–H groups in total. The topological polar surface area (TPSA) is 53.5 Å². The monoisotopic (exact) mass is 175 g/mol. The van der Waals surface area contributed by atoms with Gasteiger partial charge in [0.15, 0.2) is 0 Å². The highest BCUT2D eigenvalue weighted by Crippen LogP contribution is 2.15. The van der Waals surface area contributed by atoms with Gasteiger partial charge in [-0.25, -0.2) is 0 Å². The quantitative estimate of drug-likeness (QED) is 0.408. The Morgan fingerprint density at radius 3 is 2.62 bits per heavy atom. The molecule has 0 aliphatic rings. The second-order valence-corrected chi connectivity index (χ2v) is 2.70. The fraction of sp³-hybridized carbons (Fsp3) is 0. The molecule has 4 nitrogen and oxygen atoms in total. The van der Waals surface area contributed by atoms with Gasteiger partial charge in [-0.15, -0.1) is 0 Å². The molecular formula is C9H7N2O2+. The highest BCUT2D eigenvalue weighted by molar-refractivity contribution is 5.82. The lowest BCUT2D eigenvalue weighted by molar-refractivity contribution is -0.893. The minimum absolute atomic E-state index is 0.00120. The molecule has 0 spiro atoms. The van der Waals surface area contributed by atoms with Crippen LogP contribution in [0.2, 0.25) is 0 Å². The minimum Gasteiger partial charge on any atom is -0.349 e. The van der Waals surface area contributed by atoms with Gasteiger partial charge in [0, 0.05) is 11.5 Å². The molecule has 0 atom stereocenters. The van der Waals surface area contributed by atoms with Gasteiger partial charge in [0.25, 0.3) is 0 Å². The van der Waals surface area contributed by atoms with Crippen LogP contribution in [0, 0.1) is 4.91 Å². The van der Waals surface area contributed by atoms with Crippen LogP contribution in [0.15, 0.2) is 41.7 Å². The molecule has 13 heavy (non-hydrogen) atoms. The van der Waals surface area contributed by atoms with Gasteiger partial charge >= 0.3 is 5.82 Å². The van der Waals surface area contributed by atoms with Gasteiger partial charge in [0.05, 0.1) is 0 Å². The average molecular weight is 175 g/mol. The molecule has 1 aromatic heterocycles. The molecule has 2 aromatic rings. The van der Waals surface area contributed by atoms with E-state index in [1.54, 1.807) is 0 Å². The molecule has 0 fully saturated rings. The van der Waals surface area contributed by atoms with E-state index in [1.165, 1.54) is 12.3 Å². The second kappa shape index (κ2) is 2.82. The SMILES string of the molecule is O=Nc1cc2ccccc2c[n+]1O. The van der Waals surface area contributed by atoms with Crippen molar-refractivity contribution in [2.24, 2.45) is 5.18 Å². The number of benzene rings is 1. The Morgan fingerprint density at radius 2 is 1.92 bits per heavy atom. The fourth-order valence-electron chi connectivity index (χ4n) is 1.23. The van der Waals surface area contributed by atoms with Crippen molar-refractivity contribution in [3.8, 4) is 0 Å². The third-order valence-corrected chi connectivity index (χ3v) is 1.87. The van der Waals surface area contributed by atoms with Crippen molar-refractivity contribution < 1.29 is 9.94 Å². The Balaban J connectivity index is 2.81. The summed E-state index contributed by atoms with van der Waals surface area (Å²) in [6, 6.07) is 8.94. The summed E-state index contributed by atoms with van der Waals surface area (Å²) in [4.78, 5) is 10.2. The van der Waals surface area contributed by atoms with Gasteiger partial charge < -0.3 is 5.21 Å². The molecule has 0 radical (unpaired) electrons. The van der Waals surface area contributed by atoms with Crippen molar-refractivity contribution in [2.45, 2.75) is 0 Å². The molecule has 64 valence electrons. The molecular weight excluding hydrogens is 168 g/mol. The summed E-state index contributed by atoms with van der Waals surface area (Å²) in [5.74, 6) is -0.00120. The van der Waals surface area contributed by atoms with Gasteiger partial charge in [0.1, 0.15) is 6.20 Å². The number of nitrogens with zero attached hydrogens (tertiary/aromatic N) is 2. The molecule has 1 aromatic carbocycles. The number of hydrogen-bond donors (Lipinski definition) is 1. The first-order chi connectivity index (χ1) is 6.31. The number of fused-ring (bicyclic) bond motifs is 1. The molecule has 1 heterocycles. The van der Waals surface area contributed by atoms with Gasteiger partial charge in [-0.05, 0) is 15.0 Å². The Bertz CT molecular complexity index is 468. The van der Waals surface area contributed by atoms with Crippen LogP contribution in [-0.2, 0) is 0 Å². The lowest BCUT2D eigenvalue weighted by Gasteiger charge is -1.94. The van der Waals surface area contributed by atoms with Crippen molar-refractivity contribution in [2.75, 3.05) is 0 Å². The van der Waals surface area contributed by atoms with Crippen LogP contribution in [0.1, 0.15) is 0 Å². The van der Waals surface area contributed by atoms with Crippen molar-refractivity contribution >= 4 is 16.6 Å². The third kappa shape index (κ3) is 1.22. The zero-order valence-corrected chi connectivity index (χ0v) is 6.71. The van der Waals surface area contributed by atoms with Crippen LogP contribution in [0.25, 0.3) is 10.8 Å². The second-order valence-electron chi connectivity index (χ2n) is 2.70. The summed E-state index contributed by atoms with van der Waals surface area (Å²) in [5.41, 5.74) is 0. The van der Waals surface area contributed by atoms with Gasteiger partial charge in [-0.1, -0.05) is 24.3 Å². The highest BCUT2D eigenvalue weighted by atomic mass is 16.5. The van der Waals surface area contributed by atoms with Crippen molar-refractivity contribution in [3.63, 3.8) is 0 Å². The molecule has 0 saturated carbocycles. The lowest BCUT2D eigenvalue weighted by atomic mass is 10.2. The fourth-order valence-corrected chi connectivity index (χ4v) is 1.23. The summed E-state index contributed by atoms with van der Waals surface area (Å²) in [7, 11) is 0. The summed E-state index contributed by atoms with van der Waals surface area (Å²) >= 11 is 0. The maximum Gasteiger partial charge on any atom is 0.413 e. The molecule has 0 unspecified atom stereocenters. The zero-order valence-electron chi connectivity index (χ0n) is 6.71. The van der Waals surface area contributed by atoms with Crippen molar-refractivity contribution in [3.05, 3.63) is 41.4 Å². The van der Waals surface area contributed by atoms with Crippen LogP contribution in [0.4, 0.5) is 5.82 Å². The van der Waals surface area contributed by atoms with E-state index < -0.39 is 0 Å². The first kappa shape index (κ1) is 7.67. The van der Waals surface area contributed by atoms with Crippen LogP contribution >= 0.6 is 0 Å². The molecule has 0 saturated heterocycles. The number of nitroso groups, excluding NO2 is 1. The smallest absolute Gasteiger partial charge is 0.349 e. The Labute approximate surface area is 74.0 Å². The number of rotatable bonds is 1. The maximum absolute atomic E-state index is 10.2. The van der Waals surface area contributed by atoms with E-state index in [1.807, 2.05) is 24.3 Å². The zero-order chi connectivity index (χ0) is 9.26. The summed E-state index contributed by atoms with van der Waals surface area (Å²) in [5, 5.41) is 13.7. The van der Waals surface area contributed by atoms with Crippen LogP contribution in [0.3, 0.4) is 0 Å². The third-order valence-electron chi connectivity index (χ3n) is 1.87. The Morgan fingerprint density at radius 1 is 1.23 bits per heavy atom. The Hall–Kier alpha value is -1.97. The number of hydrogen-bond acceptors (Lipinski definition) is 3. The van der Waals surface area contributed by atoms with Crippen LogP contribution < -0.4 is 4.73 Å². The average Bonchev–Trinajstić information content (AvgIpc) is 2.17. The summed E-state index contributed by atoms with van der Waals surface area (Å²) in [6.07, 6.45) is 1.45. The van der Waals surface area contributed by atoms with E-state index in [-0.39, 0.29) is 5.82 Å². The first-order valence-corrected chi connectivity index (χ1v) is 3.78. The minimum atomic E-state index is -0.00120. The molecule has 0 amide bonds.